The van der Waals surface area contributed by atoms with Crippen LogP contribution in [0.15, 0.2) is 46.6 Å². The van der Waals surface area contributed by atoms with Crippen LogP contribution in [0.5, 0.6) is 11.5 Å². The van der Waals surface area contributed by atoms with Gasteiger partial charge >= 0.3 is 11.9 Å². The molecular weight excluding hydrogens is 314 g/mol. The molecule has 0 saturated carbocycles. The first kappa shape index (κ1) is 16.8. The number of rotatable bonds is 5. The zero-order valence-electron chi connectivity index (χ0n) is 12.9. The van der Waals surface area contributed by atoms with E-state index in [1.807, 2.05) is 0 Å². The quantitative estimate of drug-likeness (QED) is 0.360. The van der Waals surface area contributed by atoms with Gasteiger partial charge in [-0.2, -0.15) is 5.26 Å². The fourth-order valence-electron chi connectivity index (χ4n) is 1.82. The molecule has 0 amide bonds. The molecule has 0 aliphatic heterocycles. The fraction of sp³-hybridized carbons (Fsp3) is 0.118. The van der Waals surface area contributed by atoms with Crippen molar-refractivity contribution in [2.45, 2.75) is 0 Å². The van der Waals surface area contributed by atoms with Crippen LogP contribution in [0.1, 0.15) is 16.1 Å². The molecule has 7 heteroatoms. The van der Waals surface area contributed by atoms with Gasteiger partial charge in [0, 0.05) is 0 Å². The lowest BCUT2D eigenvalue weighted by Crippen LogP contribution is -2.08. The minimum Gasteiger partial charge on any atom is -0.493 e. The average Bonchev–Trinajstić information content (AvgIpc) is 3.14. The second-order valence-corrected chi connectivity index (χ2v) is 4.44. The monoisotopic (exact) mass is 327 g/mol. The summed E-state index contributed by atoms with van der Waals surface area (Å²) in [7, 11) is 2.59. The molecule has 1 aromatic heterocycles. The maximum absolute atomic E-state index is 11.9. The zero-order chi connectivity index (χ0) is 17.5. The Kier molecular flexibility index (Phi) is 5.36. The molecule has 0 saturated heterocycles. The summed E-state index contributed by atoms with van der Waals surface area (Å²) in [5.41, 5.74) is 0.339. The number of ether oxygens (including phenoxy) is 3. The van der Waals surface area contributed by atoms with E-state index in [9.17, 15) is 9.59 Å². The first-order valence-electron chi connectivity index (χ1n) is 6.73. The van der Waals surface area contributed by atoms with E-state index in [4.69, 9.17) is 19.2 Å². The largest absolute Gasteiger partial charge is 0.493 e. The molecule has 0 spiro atoms. The van der Waals surface area contributed by atoms with Crippen LogP contribution < -0.4 is 9.47 Å². The van der Waals surface area contributed by atoms with Crippen LogP contribution in [0.25, 0.3) is 6.08 Å². The molecule has 0 radical (unpaired) electrons. The Morgan fingerprint density at radius 1 is 1.21 bits per heavy atom. The van der Waals surface area contributed by atoms with Crippen molar-refractivity contribution in [3.63, 3.8) is 0 Å². The molecule has 2 rings (SSSR count). The molecule has 0 unspecified atom stereocenters. The van der Waals surface area contributed by atoms with Crippen LogP contribution in [0, 0.1) is 11.3 Å². The van der Waals surface area contributed by atoms with Crippen LogP contribution >= 0.6 is 0 Å². The highest BCUT2D eigenvalue weighted by atomic mass is 16.6. The summed E-state index contributed by atoms with van der Waals surface area (Å²) in [4.78, 5) is 23.3. The Labute approximate surface area is 137 Å². The van der Waals surface area contributed by atoms with E-state index < -0.39 is 11.9 Å². The van der Waals surface area contributed by atoms with Gasteiger partial charge in [0.15, 0.2) is 11.5 Å². The molecule has 7 nitrogen and oxygen atoms in total. The van der Waals surface area contributed by atoms with Gasteiger partial charge in [-0.3, -0.25) is 0 Å². The Bertz CT molecular complexity index is 814. The normalized spacial score (nSPS) is 10.6. The van der Waals surface area contributed by atoms with Crippen LogP contribution in [-0.4, -0.2) is 26.2 Å². The first-order chi connectivity index (χ1) is 11.6. The Morgan fingerprint density at radius 2 is 2.00 bits per heavy atom. The molecule has 1 aromatic carbocycles. The lowest BCUT2D eigenvalue weighted by atomic mass is 10.1. The van der Waals surface area contributed by atoms with Crippen LogP contribution in [-0.2, 0) is 9.53 Å². The van der Waals surface area contributed by atoms with E-state index in [0.29, 0.717) is 5.56 Å². The molecule has 2 aromatic rings. The third kappa shape index (κ3) is 3.81. The summed E-state index contributed by atoms with van der Waals surface area (Å²) < 4.78 is 19.8. The number of esters is 2. The number of carbonyl (C=O) groups excluding carboxylic acids is 2. The minimum absolute atomic E-state index is 0.0542. The maximum atomic E-state index is 11.9. The number of methoxy groups -OCH3 is 2. The molecule has 122 valence electrons. The standard InChI is InChI=1S/C17H13NO6/c1-21-15-9-11(8-12(10-18)16(19)22-2)5-6-13(15)24-17(20)14-4-3-7-23-14/h3-9H,1-2H3/b12-8+. The van der Waals surface area contributed by atoms with Gasteiger partial charge < -0.3 is 18.6 Å². The second kappa shape index (κ2) is 7.65. The van der Waals surface area contributed by atoms with E-state index >= 15 is 0 Å². The van der Waals surface area contributed by atoms with E-state index in [1.54, 1.807) is 18.2 Å². The Balaban J connectivity index is 2.28. The molecule has 0 aliphatic carbocycles. The van der Waals surface area contributed by atoms with Crippen molar-refractivity contribution in [2.75, 3.05) is 14.2 Å². The molecule has 24 heavy (non-hydrogen) atoms. The number of hydrogen-bond acceptors (Lipinski definition) is 7. The van der Waals surface area contributed by atoms with E-state index in [2.05, 4.69) is 4.74 Å². The second-order valence-electron chi connectivity index (χ2n) is 4.44. The number of benzene rings is 1. The summed E-state index contributed by atoms with van der Waals surface area (Å²) >= 11 is 0. The summed E-state index contributed by atoms with van der Waals surface area (Å²) in [5, 5.41) is 8.96. The summed E-state index contributed by atoms with van der Waals surface area (Å²) in [6.45, 7) is 0. The number of carbonyl (C=O) groups is 2. The van der Waals surface area contributed by atoms with Crippen LogP contribution in [0.3, 0.4) is 0 Å². The smallest absolute Gasteiger partial charge is 0.379 e. The van der Waals surface area contributed by atoms with Gasteiger partial charge in [-0.1, -0.05) is 6.07 Å². The molecule has 0 aliphatic rings. The van der Waals surface area contributed by atoms with E-state index in [0.717, 1.165) is 0 Å². The van der Waals surface area contributed by atoms with Crippen molar-refractivity contribution >= 4 is 18.0 Å². The van der Waals surface area contributed by atoms with Gasteiger partial charge in [0.1, 0.15) is 11.6 Å². The molecule has 1 heterocycles. The fourth-order valence-corrected chi connectivity index (χ4v) is 1.82. The number of nitriles is 1. The zero-order valence-corrected chi connectivity index (χ0v) is 12.9. The Morgan fingerprint density at radius 3 is 2.58 bits per heavy atom. The van der Waals surface area contributed by atoms with Crippen molar-refractivity contribution in [3.8, 4) is 17.6 Å². The molecular formula is C17H13NO6. The molecule has 0 N–H and O–H groups in total. The number of nitrogens with zero attached hydrogens (tertiary/aromatic N) is 1. The molecule has 0 fully saturated rings. The van der Waals surface area contributed by atoms with Gasteiger partial charge in [-0.05, 0) is 35.9 Å². The summed E-state index contributed by atoms with van der Waals surface area (Å²) in [6.07, 6.45) is 2.70. The van der Waals surface area contributed by atoms with Crippen LogP contribution in [0.2, 0.25) is 0 Å². The van der Waals surface area contributed by atoms with Crippen molar-refractivity contribution in [1.29, 1.82) is 5.26 Å². The van der Waals surface area contributed by atoms with Crippen molar-refractivity contribution < 1.29 is 28.2 Å². The number of furan rings is 1. The molecule has 0 bridgehead atoms. The van der Waals surface area contributed by atoms with Crippen molar-refractivity contribution in [1.82, 2.24) is 0 Å². The molecule has 0 atom stereocenters. The number of hydrogen-bond donors (Lipinski definition) is 0. The third-order valence-electron chi connectivity index (χ3n) is 2.95. The highest BCUT2D eigenvalue weighted by Gasteiger charge is 2.15. The highest BCUT2D eigenvalue weighted by Crippen LogP contribution is 2.29. The maximum Gasteiger partial charge on any atom is 0.379 e. The van der Waals surface area contributed by atoms with Crippen LogP contribution in [0.4, 0.5) is 0 Å². The van der Waals surface area contributed by atoms with E-state index in [-0.39, 0.29) is 22.8 Å². The van der Waals surface area contributed by atoms with Gasteiger partial charge in [0.05, 0.1) is 20.5 Å². The topological polar surface area (TPSA) is 98.8 Å². The van der Waals surface area contributed by atoms with Gasteiger partial charge in [-0.15, -0.1) is 0 Å². The van der Waals surface area contributed by atoms with Gasteiger partial charge in [0.2, 0.25) is 5.76 Å². The minimum atomic E-state index is -0.746. The van der Waals surface area contributed by atoms with Gasteiger partial charge in [-0.25, -0.2) is 9.59 Å². The summed E-state index contributed by atoms with van der Waals surface area (Å²) in [6, 6.07) is 9.36. The average molecular weight is 327 g/mol. The Hall–Kier alpha value is -3.53. The highest BCUT2D eigenvalue weighted by molar-refractivity contribution is 5.97. The SMILES string of the molecule is COC(=O)/C(C#N)=C/c1ccc(OC(=O)c2ccco2)c(OC)c1. The predicted molar refractivity (Wildman–Crippen MR) is 82.3 cm³/mol. The van der Waals surface area contributed by atoms with E-state index in [1.165, 1.54) is 44.8 Å². The first-order valence-corrected chi connectivity index (χ1v) is 6.73. The third-order valence-corrected chi connectivity index (χ3v) is 2.95. The van der Waals surface area contributed by atoms with Crippen molar-refractivity contribution in [3.05, 3.63) is 53.5 Å². The lowest BCUT2D eigenvalue weighted by Gasteiger charge is -2.09. The van der Waals surface area contributed by atoms with Gasteiger partial charge in [0.25, 0.3) is 0 Å². The predicted octanol–water partition coefficient (Wildman–Crippen LogP) is 2.59. The van der Waals surface area contributed by atoms with Crippen molar-refractivity contribution in [2.24, 2.45) is 0 Å². The lowest BCUT2D eigenvalue weighted by molar-refractivity contribution is -0.135. The summed E-state index contributed by atoms with van der Waals surface area (Å²) in [5.74, 6) is -0.935.